The molecule has 1 aromatic rings. The summed E-state index contributed by atoms with van der Waals surface area (Å²) in [6.07, 6.45) is 1.83. The van der Waals surface area contributed by atoms with Gasteiger partial charge in [0.1, 0.15) is 0 Å². The van der Waals surface area contributed by atoms with Gasteiger partial charge in [-0.3, -0.25) is 0 Å². The maximum Gasteiger partial charge on any atom is 0.279 e. The summed E-state index contributed by atoms with van der Waals surface area (Å²) < 4.78 is 28.4. The molecule has 1 aliphatic rings. The van der Waals surface area contributed by atoms with Gasteiger partial charge in [0.05, 0.1) is 0 Å². The van der Waals surface area contributed by atoms with E-state index < -0.39 is 16.3 Å². The van der Waals surface area contributed by atoms with Gasteiger partial charge in [-0.1, -0.05) is 29.3 Å². The summed E-state index contributed by atoms with van der Waals surface area (Å²) in [6.45, 7) is 2.93. The van der Waals surface area contributed by atoms with Gasteiger partial charge in [-0.15, -0.1) is 0 Å². The minimum absolute atomic E-state index is 0.393. The average Bonchev–Trinajstić information content (AvgIpc) is 2.81. The fraction of sp³-hybridized carbons (Fsp3) is 0.500. The summed E-state index contributed by atoms with van der Waals surface area (Å²) in [7, 11) is -3.44. The Hall–Kier alpha value is -0.330. The summed E-state index contributed by atoms with van der Waals surface area (Å²) in [5, 5.41) is 0.993. The Morgan fingerprint density at radius 3 is 2.47 bits per heavy atom. The van der Waals surface area contributed by atoms with Crippen molar-refractivity contribution in [2.45, 2.75) is 25.8 Å². The van der Waals surface area contributed by atoms with Crippen molar-refractivity contribution < 1.29 is 8.42 Å². The molecule has 1 N–H and O–H groups in total. The van der Waals surface area contributed by atoms with Crippen molar-refractivity contribution >= 4 is 33.4 Å². The maximum absolute atomic E-state index is 12.1. The number of halogens is 2. The van der Waals surface area contributed by atoms with E-state index in [2.05, 4.69) is 4.72 Å². The summed E-state index contributed by atoms with van der Waals surface area (Å²) in [5.74, 6) is 0. The van der Waals surface area contributed by atoms with Crippen molar-refractivity contribution in [3.63, 3.8) is 0 Å². The molecule has 0 spiro atoms. The Balaban J connectivity index is 2.14. The van der Waals surface area contributed by atoms with Crippen molar-refractivity contribution in [2.24, 2.45) is 0 Å². The molecule has 1 aliphatic heterocycles. The van der Waals surface area contributed by atoms with Gasteiger partial charge in [0.2, 0.25) is 0 Å². The SMILES string of the molecule is CC(NS(=O)(=O)N1CCCC1)c1ccc(Cl)cc1Cl. The molecule has 2 rings (SSSR count). The van der Waals surface area contributed by atoms with Gasteiger partial charge in [-0.2, -0.15) is 17.4 Å². The second-order valence-corrected chi connectivity index (χ2v) is 7.16. The van der Waals surface area contributed by atoms with E-state index in [9.17, 15) is 8.42 Å². The van der Waals surface area contributed by atoms with Gasteiger partial charge in [-0.05, 0) is 37.5 Å². The Kier molecular flexibility index (Phi) is 4.74. The number of nitrogens with zero attached hydrogens (tertiary/aromatic N) is 1. The van der Waals surface area contributed by atoms with Crippen molar-refractivity contribution in [3.05, 3.63) is 33.8 Å². The summed E-state index contributed by atoms with van der Waals surface area (Å²) in [5.41, 5.74) is 0.717. The van der Waals surface area contributed by atoms with E-state index in [0.717, 1.165) is 12.8 Å². The molecule has 19 heavy (non-hydrogen) atoms. The van der Waals surface area contributed by atoms with Crippen molar-refractivity contribution in [1.82, 2.24) is 9.03 Å². The molecule has 7 heteroatoms. The molecule has 0 aromatic heterocycles. The molecule has 106 valence electrons. The van der Waals surface area contributed by atoms with E-state index in [1.807, 2.05) is 0 Å². The first-order valence-electron chi connectivity index (χ1n) is 6.12. The third-order valence-electron chi connectivity index (χ3n) is 3.16. The molecule has 1 heterocycles. The van der Waals surface area contributed by atoms with Crippen LogP contribution < -0.4 is 4.72 Å². The molecule has 0 radical (unpaired) electrons. The smallest absolute Gasteiger partial charge is 0.195 e. The van der Waals surface area contributed by atoms with Crippen LogP contribution in [0.1, 0.15) is 31.4 Å². The summed E-state index contributed by atoms with van der Waals surface area (Å²) >= 11 is 11.9. The molecule has 1 saturated heterocycles. The fourth-order valence-electron chi connectivity index (χ4n) is 2.14. The van der Waals surface area contributed by atoms with Crippen molar-refractivity contribution in [3.8, 4) is 0 Å². The largest absolute Gasteiger partial charge is 0.279 e. The maximum atomic E-state index is 12.1. The number of rotatable bonds is 4. The van der Waals surface area contributed by atoms with E-state index in [-0.39, 0.29) is 0 Å². The van der Waals surface area contributed by atoms with Gasteiger partial charge in [0.15, 0.2) is 0 Å². The van der Waals surface area contributed by atoms with Crippen molar-refractivity contribution in [2.75, 3.05) is 13.1 Å². The third-order valence-corrected chi connectivity index (χ3v) is 5.42. The fourth-order valence-corrected chi connectivity index (χ4v) is 4.18. The average molecular weight is 323 g/mol. The lowest BCUT2D eigenvalue weighted by atomic mass is 10.1. The Morgan fingerprint density at radius 2 is 1.89 bits per heavy atom. The zero-order valence-corrected chi connectivity index (χ0v) is 12.9. The predicted octanol–water partition coefficient (Wildman–Crippen LogP) is 2.98. The highest BCUT2D eigenvalue weighted by Gasteiger charge is 2.27. The number of hydrogen-bond donors (Lipinski definition) is 1. The highest BCUT2D eigenvalue weighted by Crippen LogP contribution is 2.27. The van der Waals surface area contributed by atoms with Gasteiger partial charge < -0.3 is 0 Å². The van der Waals surface area contributed by atoms with Gasteiger partial charge >= 0.3 is 0 Å². The summed E-state index contributed by atoms with van der Waals surface area (Å²) in [4.78, 5) is 0. The second kappa shape index (κ2) is 5.97. The second-order valence-electron chi connectivity index (χ2n) is 4.62. The quantitative estimate of drug-likeness (QED) is 0.926. The van der Waals surface area contributed by atoms with Crippen LogP contribution in [0.25, 0.3) is 0 Å². The first-order valence-corrected chi connectivity index (χ1v) is 8.32. The predicted molar refractivity (Wildman–Crippen MR) is 77.7 cm³/mol. The van der Waals surface area contributed by atoms with E-state index in [1.54, 1.807) is 25.1 Å². The van der Waals surface area contributed by atoms with Crippen LogP contribution in [0, 0.1) is 0 Å². The lowest BCUT2D eigenvalue weighted by Crippen LogP contribution is -2.40. The molecular weight excluding hydrogens is 307 g/mol. The molecule has 0 bridgehead atoms. The molecule has 1 aromatic carbocycles. The lowest BCUT2D eigenvalue weighted by Gasteiger charge is -2.21. The molecule has 1 atom stereocenters. The Bertz CT molecular complexity index is 557. The van der Waals surface area contributed by atoms with Crippen LogP contribution >= 0.6 is 23.2 Å². The number of nitrogens with one attached hydrogen (secondary N) is 1. The molecule has 0 amide bonds. The van der Waals surface area contributed by atoms with Crippen LogP contribution in [0.3, 0.4) is 0 Å². The highest BCUT2D eigenvalue weighted by molar-refractivity contribution is 7.87. The zero-order valence-electron chi connectivity index (χ0n) is 10.6. The first kappa shape index (κ1) is 15.1. The van der Waals surface area contributed by atoms with E-state index >= 15 is 0 Å². The third kappa shape index (κ3) is 3.61. The number of benzene rings is 1. The molecule has 4 nitrogen and oxygen atoms in total. The van der Waals surface area contributed by atoms with Crippen molar-refractivity contribution in [1.29, 1.82) is 0 Å². The minimum Gasteiger partial charge on any atom is -0.195 e. The van der Waals surface area contributed by atoms with E-state index in [4.69, 9.17) is 23.2 Å². The van der Waals surface area contributed by atoms with E-state index in [1.165, 1.54) is 4.31 Å². The highest BCUT2D eigenvalue weighted by atomic mass is 35.5. The first-order chi connectivity index (χ1) is 8.90. The summed E-state index contributed by atoms with van der Waals surface area (Å²) in [6, 6.07) is 4.65. The molecule has 1 unspecified atom stereocenters. The number of hydrogen-bond acceptors (Lipinski definition) is 2. The van der Waals surface area contributed by atoms with Crippen LogP contribution in [-0.4, -0.2) is 25.8 Å². The van der Waals surface area contributed by atoms with Crippen LogP contribution in [0.15, 0.2) is 18.2 Å². The monoisotopic (exact) mass is 322 g/mol. The van der Waals surface area contributed by atoms with Crippen LogP contribution in [0.4, 0.5) is 0 Å². The van der Waals surface area contributed by atoms with Gasteiger partial charge in [-0.25, -0.2) is 0 Å². The molecular formula is C12H16Cl2N2O2S. The zero-order chi connectivity index (χ0) is 14.0. The van der Waals surface area contributed by atoms with Gasteiger partial charge in [0, 0.05) is 29.2 Å². The lowest BCUT2D eigenvalue weighted by molar-refractivity contribution is 0.457. The van der Waals surface area contributed by atoms with Crippen LogP contribution in [0.2, 0.25) is 10.0 Å². The Labute approximate surface area is 123 Å². The normalized spacial score (nSPS) is 18.7. The minimum atomic E-state index is -3.44. The molecule has 0 saturated carbocycles. The molecule has 0 aliphatic carbocycles. The van der Waals surface area contributed by atoms with E-state index in [0.29, 0.717) is 28.7 Å². The standard InChI is InChI=1S/C12H16Cl2N2O2S/c1-9(11-5-4-10(13)8-12(11)14)15-19(17,18)16-6-2-3-7-16/h4-5,8-9,15H,2-3,6-7H2,1H3. The topological polar surface area (TPSA) is 49.4 Å². The molecule has 1 fully saturated rings. The van der Waals surface area contributed by atoms with Crippen LogP contribution in [0.5, 0.6) is 0 Å². The van der Waals surface area contributed by atoms with Gasteiger partial charge in [0.25, 0.3) is 10.2 Å². The van der Waals surface area contributed by atoms with Crippen LogP contribution in [-0.2, 0) is 10.2 Å². The Morgan fingerprint density at radius 1 is 1.26 bits per heavy atom.